The van der Waals surface area contributed by atoms with E-state index in [2.05, 4.69) is 21.2 Å². The molecule has 0 aliphatic rings. The average Bonchev–Trinajstić information content (AvgIpc) is 2.31. The molecule has 0 heterocycles. The van der Waals surface area contributed by atoms with E-state index >= 15 is 0 Å². The molecule has 0 radical (unpaired) electrons. The van der Waals surface area contributed by atoms with Crippen LogP contribution < -0.4 is 5.32 Å². The topological polar surface area (TPSA) is 58.6 Å². The first-order valence-corrected chi connectivity index (χ1v) is 6.36. The lowest BCUT2D eigenvalue weighted by Crippen LogP contribution is -2.39. The molecule has 1 rings (SSSR count). The van der Waals surface area contributed by atoms with E-state index in [0.29, 0.717) is 23.1 Å². The van der Waals surface area contributed by atoms with Crippen LogP contribution in [0.3, 0.4) is 0 Å². The Balaban J connectivity index is 2.79. The number of hydrogen-bond acceptors (Lipinski definition) is 3. The number of carbonyl (C=O) groups excluding carboxylic acids is 1. The second-order valence-corrected chi connectivity index (χ2v) is 4.38. The molecule has 0 fully saturated rings. The number of nitrogens with one attached hydrogen (secondary N) is 1. The Morgan fingerprint density at radius 3 is 2.88 bits per heavy atom. The third kappa shape index (κ3) is 3.71. The molecule has 94 valence electrons. The number of methoxy groups -OCH3 is 1. The highest BCUT2D eigenvalue weighted by Crippen LogP contribution is 2.19. The number of hydrogen-bond donors (Lipinski definition) is 2. The van der Waals surface area contributed by atoms with Gasteiger partial charge in [-0.3, -0.25) is 4.79 Å². The zero-order chi connectivity index (χ0) is 12.8. The molecule has 1 amide bonds. The zero-order valence-corrected chi connectivity index (χ0v) is 11.5. The van der Waals surface area contributed by atoms with E-state index in [-0.39, 0.29) is 17.7 Å². The molecule has 0 bridgehead atoms. The molecule has 0 aliphatic heterocycles. The molecule has 1 unspecified atom stereocenters. The summed E-state index contributed by atoms with van der Waals surface area (Å²) in [5, 5.41) is 13.0. The summed E-state index contributed by atoms with van der Waals surface area (Å²) in [5.41, 5.74) is 1.06. The van der Waals surface area contributed by atoms with Crippen LogP contribution in [0.1, 0.15) is 15.9 Å². The number of benzene rings is 1. The van der Waals surface area contributed by atoms with Crippen molar-refractivity contribution in [3.05, 3.63) is 29.3 Å². The van der Waals surface area contributed by atoms with Crippen molar-refractivity contribution in [3.63, 3.8) is 0 Å². The number of halogens is 1. The lowest BCUT2D eigenvalue weighted by molar-refractivity contribution is 0.0907. The maximum atomic E-state index is 12.0. The van der Waals surface area contributed by atoms with E-state index in [4.69, 9.17) is 4.74 Å². The van der Waals surface area contributed by atoms with Crippen LogP contribution in [-0.2, 0) is 4.74 Å². The van der Waals surface area contributed by atoms with Crippen LogP contribution in [0.2, 0.25) is 0 Å². The van der Waals surface area contributed by atoms with Gasteiger partial charge in [-0.15, -0.1) is 0 Å². The van der Waals surface area contributed by atoms with Crippen molar-refractivity contribution in [1.82, 2.24) is 5.32 Å². The lowest BCUT2D eigenvalue weighted by atomic mass is 10.1. The summed E-state index contributed by atoms with van der Waals surface area (Å²) in [4.78, 5) is 12.0. The quantitative estimate of drug-likeness (QED) is 0.816. The molecule has 1 aromatic carbocycles. The minimum Gasteiger partial charge on any atom is -0.508 e. The van der Waals surface area contributed by atoms with Crippen LogP contribution in [0.5, 0.6) is 5.75 Å². The smallest absolute Gasteiger partial charge is 0.252 e. The molecule has 0 saturated carbocycles. The van der Waals surface area contributed by atoms with Gasteiger partial charge in [0.15, 0.2) is 0 Å². The molecule has 4 nitrogen and oxygen atoms in total. The third-order valence-corrected chi connectivity index (χ3v) is 3.22. The summed E-state index contributed by atoms with van der Waals surface area (Å²) < 4.78 is 4.99. The first-order valence-electron chi connectivity index (χ1n) is 5.24. The van der Waals surface area contributed by atoms with Gasteiger partial charge >= 0.3 is 0 Å². The highest BCUT2D eigenvalue weighted by Gasteiger charge is 2.15. The van der Waals surface area contributed by atoms with E-state index in [0.717, 1.165) is 0 Å². The van der Waals surface area contributed by atoms with Gasteiger partial charge in [-0.2, -0.15) is 0 Å². The van der Waals surface area contributed by atoms with Crippen molar-refractivity contribution < 1.29 is 14.6 Å². The molecule has 17 heavy (non-hydrogen) atoms. The first kappa shape index (κ1) is 14.0. The van der Waals surface area contributed by atoms with E-state index in [9.17, 15) is 9.90 Å². The summed E-state index contributed by atoms with van der Waals surface area (Å²) >= 11 is 3.31. The van der Waals surface area contributed by atoms with E-state index in [1.165, 1.54) is 0 Å². The van der Waals surface area contributed by atoms with Gasteiger partial charge in [0.1, 0.15) is 5.75 Å². The third-order valence-electron chi connectivity index (χ3n) is 2.44. The molecule has 5 heteroatoms. The summed E-state index contributed by atoms with van der Waals surface area (Å²) in [6, 6.07) is 4.80. The monoisotopic (exact) mass is 301 g/mol. The average molecular weight is 302 g/mol. The van der Waals surface area contributed by atoms with Crippen LogP contribution in [0.4, 0.5) is 0 Å². The molecule has 2 N–H and O–H groups in total. The largest absolute Gasteiger partial charge is 0.508 e. The Morgan fingerprint density at radius 1 is 1.59 bits per heavy atom. The molecule has 1 aromatic rings. The second kappa shape index (κ2) is 6.61. The molecule has 0 spiro atoms. The van der Waals surface area contributed by atoms with Gasteiger partial charge in [0.25, 0.3) is 5.91 Å². The van der Waals surface area contributed by atoms with Crippen molar-refractivity contribution in [1.29, 1.82) is 0 Å². The summed E-state index contributed by atoms with van der Waals surface area (Å²) in [5.74, 6) is -0.0836. The van der Waals surface area contributed by atoms with Gasteiger partial charge in [0.05, 0.1) is 12.6 Å². The van der Waals surface area contributed by atoms with Gasteiger partial charge in [0, 0.05) is 23.6 Å². The van der Waals surface area contributed by atoms with Crippen molar-refractivity contribution in [2.45, 2.75) is 13.0 Å². The molecule has 1 atom stereocenters. The standard InChI is InChI=1S/C12H16BrNO3/c1-8-10(4-3-5-11(8)15)12(16)14-9(6-13)7-17-2/h3-5,9,15H,6-7H2,1-2H3,(H,14,16). The normalized spacial score (nSPS) is 12.2. The lowest BCUT2D eigenvalue weighted by Gasteiger charge is -2.16. The fraction of sp³-hybridized carbons (Fsp3) is 0.417. The fourth-order valence-electron chi connectivity index (χ4n) is 1.46. The second-order valence-electron chi connectivity index (χ2n) is 3.73. The van der Waals surface area contributed by atoms with E-state index in [1.54, 1.807) is 32.2 Å². The summed E-state index contributed by atoms with van der Waals surface area (Å²) in [6.07, 6.45) is 0. The molecular formula is C12H16BrNO3. The summed E-state index contributed by atoms with van der Waals surface area (Å²) in [6.45, 7) is 2.15. The minimum absolute atomic E-state index is 0.0887. The highest BCUT2D eigenvalue weighted by molar-refractivity contribution is 9.09. The van der Waals surface area contributed by atoms with Gasteiger partial charge < -0.3 is 15.2 Å². The Hall–Kier alpha value is -1.07. The van der Waals surface area contributed by atoms with E-state index in [1.807, 2.05) is 0 Å². The van der Waals surface area contributed by atoms with Crippen LogP contribution >= 0.6 is 15.9 Å². The van der Waals surface area contributed by atoms with Gasteiger partial charge in [-0.25, -0.2) is 0 Å². The highest BCUT2D eigenvalue weighted by atomic mass is 79.9. The Bertz CT molecular complexity index is 395. The Kier molecular flexibility index (Phi) is 5.44. The number of ether oxygens (including phenoxy) is 1. The van der Waals surface area contributed by atoms with Gasteiger partial charge in [0.2, 0.25) is 0 Å². The number of phenolic OH excluding ortho intramolecular Hbond substituents is 1. The number of aromatic hydroxyl groups is 1. The predicted octanol–water partition coefficient (Wildman–Crippen LogP) is 1.84. The van der Waals surface area contributed by atoms with Crippen LogP contribution in [0.15, 0.2) is 18.2 Å². The number of alkyl halides is 1. The zero-order valence-electron chi connectivity index (χ0n) is 9.87. The predicted molar refractivity (Wildman–Crippen MR) is 69.8 cm³/mol. The van der Waals surface area contributed by atoms with Crippen molar-refractivity contribution >= 4 is 21.8 Å². The number of rotatable bonds is 5. The fourth-order valence-corrected chi connectivity index (χ4v) is 1.81. The van der Waals surface area contributed by atoms with Gasteiger partial charge in [-0.05, 0) is 19.1 Å². The SMILES string of the molecule is COCC(CBr)NC(=O)c1cccc(O)c1C. The number of carbonyl (C=O) groups is 1. The van der Waals surface area contributed by atoms with Crippen LogP contribution in [0, 0.1) is 6.92 Å². The van der Waals surface area contributed by atoms with Crippen LogP contribution in [-0.4, -0.2) is 36.1 Å². The molecule has 0 aromatic heterocycles. The van der Waals surface area contributed by atoms with Gasteiger partial charge in [-0.1, -0.05) is 22.0 Å². The minimum atomic E-state index is -0.208. The maximum Gasteiger partial charge on any atom is 0.252 e. The summed E-state index contributed by atoms with van der Waals surface area (Å²) in [7, 11) is 1.58. The van der Waals surface area contributed by atoms with Crippen molar-refractivity contribution in [3.8, 4) is 5.75 Å². The van der Waals surface area contributed by atoms with Crippen LogP contribution in [0.25, 0.3) is 0 Å². The molecular weight excluding hydrogens is 286 g/mol. The number of amides is 1. The molecule has 0 aliphatic carbocycles. The maximum absolute atomic E-state index is 12.0. The first-order chi connectivity index (χ1) is 8.10. The number of phenols is 1. The van der Waals surface area contributed by atoms with Crippen molar-refractivity contribution in [2.24, 2.45) is 0 Å². The molecule has 0 saturated heterocycles. The Labute approximate surface area is 109 Å². The Morgan fingerprint density at radius 2 is 2.29 bits per heavy atom. The van der Waals surface area contributed by atoms with E-state index < -0.39 is 0 Å². The van der Waals surface area contributed by atoms with Crippen molar-refractivity contribution in [2.75, 3.05) is 19.0 Å².